The molecule has 5 nitrogen and oxygen atoms in total. The molecule has 2 heterocycles. The van der Waals surface area contributed by atoms with Gasteiger partial charge >= 0.3 is 0 Å². The smallest absolute Gasteiger partial charge is 0.171 e. The molecule has 0 saturated heterocycles. The fourth-order valence-electron chi connectivity index (χ4n) is 2.10. The Labute approximate surface area is 110 Å². The van der Waals surface area contributed by atoms with E-state index in [4.69, 9.17) is 10.5 Å². The molecule has 0 saturated carbocycles. The van der Waals surface area contributed by atoms with Crippen molar-refractivity contribution >= 4 is 16.9 Å². The number of hydrogen-bond donors (Lipinski definition) is 2. The molecule has 0 radical (unpaired) electrons. The summed E-state index contributed by atoms with van der Waals surface area (Å²) in [7, 11) is 1.66. The molecule has 0 bridgehead atoms. The zero-order valence-corrected chi connectivity index (χ0v) is 10.6. The summed E-state index contributed by atoms with van der Waals surface area (Å²) in [6.07, 6.45) is 2.55. The zero-order chi connectivity index (χ0) is 13.2. The van der Waals surface area contributed by atoms with Crippen LogP contribution in [0.3, 0.4) is 0 Å². The monoisotopic (exact) mass is 254 g/mol. The summed E-state index contributed by atoms with van der Waals surface area (Å²) in [5.41, 5.74) is 9.70. The Hall–Kier alpha value is -2.56. The van der Waals surface area contributed by atoms with Crippen molar-refractivity contribution in [3.63, 3.8) is 0 Å². The van der Waals surface area contributed by atoms with E-state index in [1.807, 2.05) is 30.3 Å². The Balaban J connectivity index is 1.96. The summed E-state index contributed by atoms with van der Waals surface area (Å²) >= 11 is 0. The molecule has 96 valence electrons. The van der Waals surface area contributed by atoms with E-state index in [2.05, 4.69) is 15.2 Å². The number of nitrogens with zero attached hydrogens (tertiary/aromatic N) is 2. The number of nitrogens with two attached hydrogens (primary N) is 1. The number of anilines is 1. The molecule has 0 aliphatic rings. The Bertz CT molecular complexity index is 703. The maximum atomic E-state index is 5.75. The molecule has 5 heteroatoms. The van der Waals surface area contributed by atoms with E-state index >= 15 is 0 Å². The van der Waals surface area contributed by atoms with Gasteiger partial charge in [0, 0.05) is 6.20 Å². The minimum absolute atomic E-state index is 0.437. The van der Waals surface area contributed by atoms with E-state index in [0.717, 1.165) is 28.8 Å². The van der Waals surface area contributed by atoms with Gasteiger partial charge in [-0.2, -0.15) is 5.10 Å². The van der Waals surface area contributed by atoms with Gasteiger partial charge in [0.05, 0.1) is 12.6 Å². The molecule has 3 N–H and O–H groups in total. The molecular weight excluding hydrogens is 240 g/mol. The predicted octanol–water partition coefficient (Wildman–Crippen LogP) is 2.14. The Kier molecular flexibility index (Phi) is 2.79. The van der Waals surface area contributed by atoms with Gasteiger partial charge in [0.2, 0.25) is 0 Å². The summed E-state index contributed by atoms with van der Waals surface area (Å²) in [5, 5.41) is 6.93. The number of fused-ring (bicyclic) bond motifs is 1. The van der Waals surface area contributed by atoms with Crippen molar-refractivity contribution in [1.29, 1.82) is 0 Å². The average Bonchev–Trinajstić information content (AvgIpc) is 2.83. The first-order valence-corrected chi connectivity index (χ1v) is 5.98. The summed E-state index contributed by atoms with van der Waals surface area (Å²) in [5.74, 6) is 1.29. The SMILES string of the molecule is COc1ccc(Cc2ccnc3c(N)n[nH]c23)cc1. The Morgan fingerprint density at radius 2 is 2.00 bits per heavy atom. The molecule has 0 amide bonds. The lowest BCUT2D eigenvalue weighted by Crippen LogP contribution is -1.92. The number of aromatic nitrogens is 3. The second-order valence-corrected chi connectivity index (χ2v) is 4.33. The lowest BCUT2D eigenvalue weighted by molar-refractivity contribution is 0.414. The molecule has 3 rings (SSSR count). The van der Waals surface area contributed by atoms with Gasteiger partial charge in [-0.1, -0.05) is 12.1 Å². The minimum atomic E-state index is 0.437. The van der Waals surface area contributed by atoms with Crippen LogP contribution in [0.2, 0.25) is 0 Å². The van der Waals surface area contributed by atoms with Gasteiger partial charge in [0.1, 0.15) is 11.3 Å². The van der Waals surface area contributed by atoms with Crippen LogP contribution in [-0.4, -0.2) is 22.3 Å². The number of H-pyrrole nitrogens is 1. The molecule has 0 unspecified atom stereocenters. The maximum absolute atomic E-state index is 5.75. The first kappa shape index (κ1) is 11.5. The van der Waals surface area contributed by atoms with Gasteiger partial charge in [0.25, 0.3) is 0 Å². The van der Waals surface area contributed by atoms with E-state index < -0.39 is 0 Å². The number of aromatic amines is 1. The molecule has 0 aliphatic heterocycles. The quantitative estimate of drug-likeness (QED) is 0.750. The Morgan fingerprint density at radius 1 is 1.21 bits per heavy atom. The molecule has 0 spiro atoms. The van der Waals surface area contributed by atoms with Crippen LogP contribution in [0.1, 0.15) is 11.1 Å². The maximum Gasteiger partial charge on any atom is 0.171 e. The molecule has 0 atom stereocenters. The third kappa shape index (κ3) is 2.10. The van der Waals surface area contributed by atoms with Crippen LogP contribution < -0.4 is 10.5 Å². The number of rotatable bonds is 3. The topological polar surface area (TPSA) is 76.8 Å². The fraction of sp³-hybridized carbons (Fsp3) is 0.143. The van der Waals surface area contributed by atoms with Crippen LogP contribution in [0, 0.1) is 0 Å². The van der Waals surface area contributed by atoms with Crippen molar-refractivity contribution in [2.24, 2.45) is 0 Å². The lowest BCUT2D eigenvalue weighted by atomic mass is 10.0. The summed E-state index contributed by atoms with van der Waals surface area (Å²) in [6.45, 7) is 0. The third-order valence-corrected chi connectivity index (χ3v) is 3.12. The highest BCUT2D eigenvalue weighted by molar-refractivity contribution is 5.86. The van der Waals surface area contributed by atoms with E-state index in [1.165, 1.54) is 5.56 Å². The van der Waals surface area contributed by atoms with Crippen LogP contribution in [0.15, 0.2) is 36.5 Å². The highest BCUT2D eigenvalue weighted by Gasteiger charge is 2.08. The van der Waals surface area contributed by atoms with Crippen LogP contribution in [0.5, 0.6) is 5.75 Å². The van der Waals surface area contributed by atoms with E-state index in [0.29, 0.717) is 5.82 Å². The standard InChI is InChI=1S/C14H14N4O/c1-19-11-4-2-9(3-5-11)8-10-6-7-16-13-12(10)17-18-14(13)15/h2-7H,8H2,1H3,(H3,15,17,18). The fourth-order valence-corrected chi connectivity index (χ4v) is 2.10. The largest absolute Gasteiger partial charge is 0.497 e. The normalized spacial score (nSPS) is 10.8. The van der Waals surface area contributed by atoms with Crippen molar-refractivity contribution in [3.05, 3.63) is 47.7 Å². The van der Waals surface area contributed by atoms with Gasteiger partial charge in [-0.15, -0.1) is 0 Å². The molecule has 0 aliphatic carbocycles. The summed E-state index contributed by atoms with van der Waals surface area (Å²) < 4.78 is 5.15. The number of ether oxygens (including phenoxy) is 1. The van der Waals surface area contributed by atoms with Crippen molar-refractivity contribution < 1.29 is 4.74 Å². The highest BCUT2D eigenvalue weighted by Crippen LogP contribution is 2.22. The zero-order valence-electron chi connectivity index (χ0n) is 10.6. The van der Waals surface area contributed by atoms with Gasteiger partial charge < -0.3 is 10.5 Å². The summed E-state index contributed by atoms with van der Waals surface area (Å²) in [4.78, 5) is 4.23. The highest BCUT2D eigenvalue weighted by atomic mass is 16.5. The number of hydrogen-bond acceptors (Lipinski definition) is 4. The second kappa shape index (κ2) is 4.61. The second-order valence-electron chi connectivity index (χ2n) is 4.33. The number of nitrogen functional groups attached to an aromatic ring is 1. The van der Waals surface area contributed by atoms with Gasteiger partial charge in [-0.25, -0.2) is 0 Å². The summed E-state index contributed by atoms with van der Waals surface area (Å²) in [6, 6.07) is 9.98. The third-order valence-electron chi connectivity index (χ3n) is 3.12. The molecule has 1 aromatic carbocycles. The van der Waals surface area contributed by atoms with Gasteiger partial charge in [-0.05, 0) is 35.7 Å². The lowest BCUT2D eigenvalue weighted by Gasteiger charge is -2.04. The van der Waals surface area contributed by atoms with Crippen LogP contribution >= 0.6 is 0 Å². The van der Waals surface area contributed by atoms with Crippen LogP contribution in [0.25, 0.3) is 11.0 Å². The van der Waals surface area contributed by atoms with Gasteiger partial charge in [0.15, 0.2) is 5.82 Å². The predicted molar refractivity (Wildman–Crippen MR) is 74.1 cm³/mol. The first-order chi connectivity index (χ1) is 9.28. The number of methoxy groups -OCH3 is 1. The van der Waals surface area contributed by atoms with Crippen molar-refractivity contribution in [2.45, 2.75) is 6.42 Å². The minimum Gasteiger partial charge on any atom is -0.497 e. The number of pyridine rings is 1. The molecule has 2 aromatic heterocycles. The van der Waals surface area contributed by atoms with E-state index in [1.54, 1.807) is 13.3 Å². The number of nitrogens with one attached hydrogen (secondary N) is 1. The van der Waals surface area contributed by atoms with Gasteiger partial charge in [-0.3, -0.25) is 10.1 Å². The Morgan fingerprint density at radius 3 is 2.74 bits per heavy atom. The molecule has 19 heavy (non-hydrogen) atoms. The van der Waals surface area contributed by atoms with Crippen molar-refractivity contribution in [3.8, 4) is 5.75 Å². The first-order valence-electron chi connectivity index (χ1n) is 5.98. The van der Waals surface area contributed by atoms with E-state index in [9.17, 15) is 0 Å². The average molecular weight is 254 g/mol. The van der Waals surface area contributed by atoms with E-state index in [-0.39, 0.29) is 0 Å². The molecule has 3 aromatic rings. The number of benzene rings is 1. The van der Waals surface area contributed by atoms with Crippen molar-refractivity contribution in [2.75, 3.05) is 12.8 Å². The van der Waals surface area contributed by atoms with Crippen molar-refractivity contribution in [1.82, 2.24) is 15.2 Å². The van der Waals surface area contributed by atoms with Crippen LogP contribution in [0.4, 0.5) is 5.82 Å². The molecular formula is C14H14N4O. The molecule has 0 fully saturated rings. The van der Waals surface area contributed by atoms with Crippen LogP contribution in [-0.2, 0) is 6.42 Å².